The summed E-state index contributed by atoms with van der Waals surface area (Å²) < 4.78 is 1.10. The molecule has 1 atom stereocenters. The minimum absolute atomic E-state index is 0.0285. The number of halogens is 1. The Morgan fingerprint density at radius 1 is 1.10 bits per heavy atom. The van der Waals surface area contributed by atoms with Crippen molar-refractivity contribution >= 4 is 26.8 Å². The van der Waals surface area contributed by atoms with Crippen LogP contribution in [0.5, 0.6) is 0 Å². The van der Waals surface area contributed by atoms with Gasteiger partial charge in [-0.05, 0) is 35.7 Å². The van der Waals surface area contributed by atoms with Gasteiger partial charge < -0.3 is 0 Å². The monoisotopic (exact) mass is 341 g/mol. The molecule has 1 unspecified atom stereocenters. The molecule has 0 saturated carbocycles. The highest BCUT2D eigenvalue weighted by molar-refractivity contribution is 9.10. The Morgan fingerprint density at radius 2 is 1.86 bits per heavy atom. The maximum Gasteiger partial charge on any atom is 0.0702 e. The van der Waals surface area contributed by atoms with Crippen LogP contribution < -0.4 is 11.3 Å². The highest BCUT2D eigenvalue weighted by Gasteiger charge is 2.13. The lowest BCUT2D eigenvalue weighted by Gasteiger charge is -2.17. The van der Waals surface area contributed by atoms with Gasteiger partial charge in [0.2, 0.25) is 0 Å². The number of nitrogens with one attached hydrogen (secondary N) is 1. The molecule has 3 N–H and O–H groups in total. The van der Waals surface area contributed by atoms with Gasteiger partial charge in [-0.15, -0.1) is 0 Å². The number of nitrogens with zero attached hydrogens (tertiary/aromatic N) is 1. The van der Waals surface area contributed by atoms with E-state index in [0.717, 1.165) is 27.4 Å². The maximum atomic E-state index is 5.75. The number of hydrogen-bond acceptors (Lipinski definition) is 3. The summed E-state index contributed by atoms with van der Waals surface area (Å²) in [7, 11) is 0. The van der Waals surface area contributed by atoms with Gasteiger partial charge in [0, 0.05) is 16.1 Å². The molecule has 3 aromatic rings. The minimum Gasteiger partial charge on any atom is -0.271 e. The summed E-state index contributed by atoms with van der Waals surface area (Å²) in [6.07, 6.45) is 2.70. The molecule has 0 amide bonds. The van der Waals surface area contributed by atoms with Crippen molar-refractivity contribution in [3.05, 3.63) is 76.4 Å². The number of fused-ring (bicyclic) bond motifs is 1. The molecule has 0 fully saturated rings. The molecule has 21 heavy (non-hydrogen) atoms. The molecule has 0 aliphatic carbocycles. The highest BCUT2D eigenvalue weighted by Crippen LogP contribution is 2.24. The predicted molar refractivity (Wildman–Crippen MR) is 89.7 cm³/mol. The number of hydrazine groups is 1. The van der Waals surface area contributed by atoms with Gasteiger partial charge in [-0.1, -0.05) is 52.3 Å². The van der Waals surface area contributed by atoms with Gasteiger partial charge in [0.15, 0.2) is 0 Å². The van der Waals surface area contributed by atoms with Crippen LogP contribution >= 0.6 is 15.9 Å². The standard InChI is InChI=1S/C17H16BrN3/c18-15-7-3-1-5-12(15)10-17(21-19)14-9-13-6-2-4-8-16(13)20-11-14/h1-9,11,17,21H,10,19H2. The molecule has 0 bridgehead atoms. The molecular weight excluding hydrogens is 326 g/mol. The number of aromatic nitrogens is 1. The van der Waals surface area contributed by atoms with Crippen molar-refractivity contribution < 1.29 is 0 Å². The lowest BCUT2D eigenvalue weighted by Crippen LogP contribution is -2.29. The molecule has 0 spiro atoms. The van der Waals surface area contributed by atoms with E-state index in [1.54, 1.807) is 0 Å². The van der Waals surface area contributed by atoms with Crippen LogP contribution in [0, 0.1) is 0 Å². The van der Waals surface area contributed by atoms with Gasteiger partial charge in [0.05, 0.1) is 11.6 Å². The largest absolute Gasteiger partial charge is 0.271 e. The van der Waals surface area contributed by atoms with E-state index in [4.69, 9.17) is 5.84 Å². The van der Waals surface area contributed by atoms with Crippen molar-refractivity contribution in [1.82, 2.24) is 10.4 Å². The highest BCUT2D eigenvalue weighted by atomic mass is 79.9. The normalized spacial score (nSPS) is 12.5. The topological polar surface area (TPSA) is 50.9 Å². The van der Waals surface area contributed by atoms with Crippen molar-refractivity contribution in [3.63, 3.8) is 0 Å². The Balaban J connectivity index is 1.93. The number of rotatable bonds is 4. The average Bonchev–Trinajstić information content (AvgIpc) is 2.54. The quantitative estimate of drug-likeness (QED) is 0.561. The number of hydrogen-bond donors (Lipinski definition) is 2. The first-order valence-corrected chi connectivity index (χ1v) is 7.61. The van der Waals surface area contributed by atoms with Crippen molar-refractivity contribution in [3.8, 4) is 0 Å². The van der Waals surface area contributed by atoms with Crippen LogP contribution in [0.25, 0.3) is 10.9 Å². The lowest BCUT2D eigenvalue weighted by molar-refractivity contribution is 0.550. The number of pyridine rings is 1. The van der Waals surface area contributed by atoms with E-state index in [0.29, 0.717) is 0 Å². The first-order chi connectivity index (χ1) is 10.3. The van der Waals surface area contributed by atoms with Crippen molar-refractivity contribution in [2.24, 2.45) is 5.84 Å². The van der Waals surface area contributed by atoms with Crippen LogP contribution in [-0.4, -0.2) is 4.98 Å². The lowest BCUT2D eigenvalue weighted by atomic mass is 9.99. The van der Waals surface area contributed by atoms with Gasteiger partial charge in [0.1, 0.15) is 0 Å². The molecule has 3 nitrogen and oxygen atoms in total. The summed E-state index contributed by atoms with van der Waals surface area (Å²) in [5, 5.41) is 1.13. The van der Waals surface area contributed by atoms with Gasteiger partial charge in [-0.2, -0.15) is 0 Å². The van der Waals surface area contributed by atoms with Crippen LogP contribution in [0.3, 0.4) is 0 Å². The summed E-state index contributed by atoms with van der Waals surface area (Å²) in [4.78, 5) is 4.51. The Kier molecular flexibility index (Phi) is 4.29. The van der Waals surface area contributed by atoms with Crippen molar-refractivity contribution in [2.45, 2.75) is 12.5 Å². The van der Waals surface area contributed by atoms with E-state index < -0.39 is 0 Å². The molecule has 106 valence electrons. The van der Waals surface area contributed by atoms with E-state index >= 15 is 0 Å². The Hall–Kier alpha value is -1.75. The van der Waals surface area contributed by atoms with Gasteiger partial charge in [-0.25, -0.2) is 0 Å². The number of para-hydroxylation sites is 1. The second kappa shape index (κ2) is 6.35. The molecule has 1 aromatic heterocycles. The molecule has 1 heterocycles. The molecule has 0 aliphatic heterocycles. The summed E-state index contributed by atoms with van der Waals surface area (Å²) in [5.41, 5.74) is 6.20. The zero-order chi connectivity index (χ0) is 14.7. The third-order valence-corrected chi connectivity index (χ3v) is 4.37. The Bertz CT molecular complexity index is 758. The number of nitrogens with two attached hydrogens (primary N) is 1. The molecule has 0 aliphatic rings. The van der Waals surface area contributed by atoms with E-state index in [2.05, 4.69) is 44.5 Å². The third kappa shape index (κ3) is 3.13. The Labute approximate surface area is 132 Å². The van der Waals surface area contributed by atoms with Crippen LogP contribution in [0.15, 0.2) is 65.3 Å². The van der Waals surface area contributed by atoms with Crippen molar-refractivity contribution in [1.29, 1.82) is 0 Å². The Morgan fingerprint density at radius 3 is 2.67 bits per heavy atom. The van der Waals surface area contributed by atoms with E-state index in [9.17, 15) is 0 Å². The summed E-state index contributed by atoms with van der Waals surface area (Å²) >= 11 is 3.58. The first kappa shape index (κ1) is 14.2. The zero-order valence-corrected chi connectivity index (χ0v) is 13.0. The van der Waals surface area contributed by atoms with Crippen LogP contribution in [-0.2, 0) is 6.42 Å². The molecule has 0 radical (unpaired) electrons. The molecule has 3 rings (SSSR count). The summed E-state index contributed by atoms with van der Waals surface area (Å²) in [6, 6.07) is 18.5. The van der Waals surface area contributed by atoms with Gasteiger partial charge >= 0.3 is 0 Å². The zero-order valence-electron chi connectivity index (χ0n) is 11.5. The molecule has 0 saturated heterocycles. The average molecular weight is 342 g/mol. The summed E-state index contributed by atoms with van der Waals surface area (Å²) in [6.45, 7) is 0. The molecule has 4 heteroatoms. The molecular formula is C17H16BrN3. The first-order valence-electron chi connectivity index (χ1n) is 6.82. The second-order valence-corrected chi connectivity index (χ2v) is 5.83. The van der Waals surface area contributed by atoms with Gasteiger partial charge in [0.25, 0.3) is 0 Å². The van der Waals surface area contributed by atoms with Crippen LogP contribution in [0.2, 0.25) is 0 Å². The maximum absolute atomic E-state index is 5.75. The van der Waals surface area contributed by atoms with E-state index in [1.807, 2.05) is 42.6 Å². The minimum atomic E-state index is 0.0285. The molecule has 2 aromatic carbocycles. The fourth-order valence-electron chi connectivity index (χ4n) is 2.44. The fourth-order valence-corrected chi connectivity index (χ4v) is 2.88. The number of benzene rings is 2. The van der Waals surface area contributed by atoms with Crippen LogP contribution in [0.1, 0.15) is 17.2 Å². The van der Waals surface area contributed by atoms with E-state index in [1.165, 1.54) is 5.56 Å². The predicted octanol–water partition coefficient (Wildman–Crippen LogP) is 3.74. The second-order valence-electron chi connectivity index (χ2n) is 4.98. The van der Waals surface area contributed by atoms with Gasteiger partial charge in [-0.3, -0.25) is 16.3 Å². The SMILES string of the molecule is NNC(Cc1ccccc1Br)c1cnc2ccccc2c1. The smallest absolute Gasteiger partial charge is 0.0702 e. The van der Waals surface area contributed by atoms with Crippen LogP contribution in [0.4, 0.5) is 0 Å². The third-order valence-electron chi connectivity index (χ3n) is 3.60. The fraction of sp³-hybridized carbons (Fsp3) is 0.118. The van der Waals surface area contributed by atoms with E-state index in [-0.39, 0.29) is 6.04 Å². The van der Waals surface area contributed by atoms with Crippen molar-refractivity contribution in [2.75, 3.05) is 0 Å². The summed E-state index contributed by atoms with van der Waals surface area (Å²) in [5.74, 6) is 5.75.